The topological polar surface area (TPSA) is 38.2 Å². The molecule has 3 rings (SSSR count). The van der Waals surface area contributed by atoms with Crippen LogP contribution < -0.4 is 5.06 Å². The van der Waals surface area contributed by atoms with E-state index in [4.69, 9.17) is 26.4 Å². The minimum absolute atomic E-state index is 0.693. The maximum atomic E-state index is 5.93. The zero-order chi connectivity index (χ0) is 17.3. The summed E-state index contributed by atoms with van der Waals surface area (Å²) in [6, 6.07) is 7.80. The zero-order valence-electron chi connectivity index (χ0n) is 14.0. The van der Waals surface area contributed by atoms with Crippen LogP contribution in [0.4, 0.5) is 5.82 Å². The van der Waals surface area contributed by atoms with Gasteiger partial charge in [0, 0.05) is 21.8 Å². The van der Waals surface area contributed by atoms with E-state index in [1.54, 1.807) is 35.3 Å². The standard InChI is InChI=1S/C17H18ClN3OS2/c1-10-11(2)24-17-15(10)16(21(3)22-4)19-14(20-17)9-23-13-7-5-12(18)6-8-13/h5-8H,9H2,1-4H3. The quantitative estimate of drug-likeness (QED) is 0.447. The van der Waals surface area contributed by atoms with Crippen LogP contribution in [0.15, 0.2) is 29.2 Å². The van der Waals surface area contributed by atoms with Gasteiger partial charge in [0.15, 0.2) is 5.82 Å². The molecule has 0 bridgehead atoms. The summed E-state index contributed by atoms with van der Waals surface area (Å²) < 4.78 is 0. The van der Waals surface area contributed by atoms with Crippen molar-refractivity contribution in [2.45, 2.75) is 24.5 Å². The van der Waals surface area contributed by atoms with E-state index >= 15 is 0 Å². The molecule has 0 fully saturated rings. The highest BCUT2D eigenvalue weighted by molar-refractivity contribution is 7.98. The van der Waals surface area contributed by atoms with Gasteiger partial charge in [-0.15, -0.1) is 23.1 Å². The van der Waals surface area contributed by atoms with E-state index in [9.17, 15) is 0 Å². The van der Waals surface area contributed by atoms with Gasteiger partial charge in [-0.2, -0.15) is 0 Å². The fraction of sp³-hybridized carbons (Fsp3) is 0.294. The first-order valence-electron chi connectivity index (χ1n) is 7.42. The summed E-state index contributed by atoms with van der Waals surface area (Å²) in [5.74, 6) is 2.30. The number of hydrogen-bond acceptors (Lipinski definition) is 6. The van der Waals surface area contributed by atoms with Crippen LogP contribution in [0.5, 0.6) is 0 Å². The number of thioether (sulfide) groups is 1. The van der Waals surface area contributed by atoms with Crippen LogP contribution in [-0.4, -0.2) is 24.1 Å². The first-order valence-corrected chi connectivity index (χ1v) is 9.60. The van der Waals surface area contributed by atoms with Gasteiger partial charge in [0.1, 0.15) is 10.7 Å². The number of fused-ring (bicyclic) bond motifs is 1. The number of anilines is 1. The van der Waals surface area contributed by atoms with E-state index in [1.165, 1.54) is 10.4 Å². The van der Waals surface area contributed by atoms with E-state index in [2.05, 4.69) is 13.8 Å². The molecule has 24 heavy (non-hydrogen) atoms. The second-order valence-electron chi connectivity index (χ2n) is 5.35. The molecule has 0 radical (unpaired) electrons. The van der Waals surface area contributed by atoms with Gasteiger partial charge in [-0.3, -0.25) is 4.84 Å². The Morgan fingerprint density at radius 1 is 1.21 bits per heavy atom. The van der Waals surface area contributed by atoms with Crippen LogP contribution in [0.2, 0.25) is 5.02 Å². The molecule has 0 amide bonds. The Labute approximate surface area is 154 Å². The molecule has 0 aliphatic carbocycles. The van der Waals surface area contributed by atoms with Gasteiger partial charge in [0.25, 0.3) is 0 Å². The number of hydroxylamine groups is 1. The molecule has 0 N–H and O–H groups in total. The predicted octanol–water partition coefficient (Wildman–Crippen LogP) is 5.25. The van der Waals surface area contributed by atoms with E-state index in [1.807, 2.05) is 31.3 Å². The molecular weight excluding hydrogens is 362 g/mol. The average Bonchev–Trinajstić information content (AvgIpc) is 2.87. The minimum atomic E-state index is 0.693. The van der Waals surface area contributed by atoms with E-state index < -0.39 is 0 Å². The number of nitrogens with zero attached hydrogens (tertiary/aromatic N) is 3. The van der Waals surface area contributed by atoms with E-state index in [0.717, 1.165) is 31.8 Å². The summed E-state index contributed by atoms with van der Waals surface area (Å²) in [4.78, 5) is 18.2. The summed E-state index contributed by atoms with van der Waals surface area (Å²) in [7, 11) is 3.51. The fourth-order valence-corrected chi connectivity index (χ4v) is 4.25. The minimum Gasteiger partial charge on any atom is -0.276 e. The summed E-state index contributed by atoms with van der Waals surface area (Å²) in [5, 5.41) is 3.51. The maximum absolute atomic E-state index is 5.93. The monoisotopic (exact) mass is 379 g/mol. The summed E-state index contributed by atoms with van der Waals surface area (Å²) >= 11 is 9.32. The van der Waals surface area contributed by atoms with Crippen LogP contribution in [0, 0.1) is 13.8 Å². The third-order valence-electron chi connectivity index (χ3n) is 3.81. The molecule has 2 heterocycles. The number of hydrogen-bond donors (Lipinski definition) is 0. The smallest absolute Gasteiger partial charge is 0.164 e. The summed E-state index contributed by atoms with van der Waals surface area (Å²) in [6.45, 7) is 4.22. The molecule has 1 aromatic carbocycles. The maximum Gasteiger partial charge on any atom is 0.164 e. The summed E-state index contributed by atoms with van der Waals surface area (Å²) in [6.07, 6.45) is 0. The van der Waals surface area contributed by atoms with E-state index in [0.29, 0.717) is 5.75 Å². The van der Waals surface area contributed by atoms with Crippen molar-refractivity contribution in [3.8, 4) is 0 Å². The van der Waals surface area contributed by atoms with Crippen molar-refractivity contribution in [3.63, 3.8) is 0 Å². The third-order valence-corrected chi connectivity index (χ3v) is 6.17. The molecule has 0 saturated heterocycles. The van der Waals surface area contributed by atoms with Crippen LogP contribution in [0.1, 0.15) is 16.3 Å². The molecule has 4 nitrogen and oxygen atoms in total. The third kappa shape index (κ3) is 3.52. The molecule has 2 aromatic heterocycles. The second-order valence-corrected chi connectivity index (χ2v) is 8.04. The molecule has 0 unspecified atom stereocenters. The first kappa shape index (κ1) is 17.5. The predicted molar refractivity (Wildman–Crippen MR) is 103 cm³/mol. The molecule has 126 valence electrons. The van der Waals surface area contributed by atoms with Gasteiger partial charge in [-0.1, -0.05) is 11.6 Å². The van der Waals surface area contributed by atoms with Crippen LogP contribution in [0.25, 0.3) is 10.2 Å². The highest BCUT2D eigenvalue weighted by Crippen LogP contribution is 2.35. The lowest BCUT2D eigenvalue weighted by molar-refractivity contribution is 0.183. The number of halogens is 1. The molecule has 0 aliphatic heterocycles. The average molecular weight is 380 g/mol. The lowest BCUT2D eigenvalue weighted by atomic mass is 10.2. The Kier molecular flexibility index (Phi) is 5.30. The number of aryl methyl sites for hydroxylation is 2. The largest absolute Gasteiger partial charge is 0.276 e. The summed E-state index contributed by atoms with van der Waals surface area (Å²) in [5.41, 5.74) is 1.21. The van der Waals surface area contributed by atoms with Gasteiger partial charge in [0.2, 0.25) is 0 Å². The van der Waals surface area contributed by atoms with Gasteiger partial charge in [-0.05, 0) is 43.7 Å². The highest BCUT2D eigenvalue weighted by Gasteiger charge is 2.17. The lowest BCUT2D eigenvalue weighted by Gasteiger charge is -2.17. The molecule has 7 heteroatoms. The van der Waals surface area contributed by atoms with E-state index in [-0.39, 0.29) is 0 Å². The van der Waals surface area contributed by atoms with Crippen molar-refractivity contribution in [2.75, 3.05) is 19.2 Å². The fourth-order valence-electron chi connectivity index (χ4n) is 2.33. The molecule has 0 atom stereocenters. The van der Waals surface area contributed by atoms with Gasteiger partial charge in [-0.25, -0.2) is 15.0 Å². The van der Waals surface area contributed by atoms with Crippen molar-refractivity contribution in [1.29, 1.82) is 0 Å². The van der Waals surface area contributed by atoms with Gasteiger partial charge < -0.3 is 0 Å². The first-order chi connectivity index (χ1) is 11.5. The number of thiophene rings is 1. The molecular formula is C17H18ClN3OS2. The Morgan fingerprint density at radius 3 is 2.58 bits per heavy atom. The number of benzene rings is 1. The van der Waals surface area contributed by atoms with Crippen molar-refractivity contribution >= 4 is 50.7 Å². The number of aromatic nitrogens is 2. The van der Waals surface area contributed by atoms with Crippen LogP contribution in [-0.2, 0) is 10.6 Å². The Balaban J connectivity index is 1.94. The van der Waals surface area contributed by atoms with Crippen molar-refractivity contribution < 1.29 is 4.84 Å². The molecule has 0 aliphatic rings. The lowest BCUT2D eigenvalue weighted by Crippen LogP contribution is -2.17. The normalized spacial score (nSPS) is 11.2. The Hall–Kier alpha value is -1.34. The van der Waals surface area contributed by atoms with Crippen molar-refractivity contribution in [3.05, 3.63) is 45.6 Å². The van der Waals surface area contributed by atoms with Crippen molar-refractivity contribution in [2.24, 2.45) is 0 Å². The van der Waals surface area contributed by atoms with Crippen LogP contribution >= 0.6 is 34.7 Å². The second kappa shape index (κ2) is 7.27. The molecule has 3 aromatic rings. The SMILES string of the molecule is CON(C)c1nc(CSc2ccc(Cl)cc2)nc2sc(C)c(C)c12. The Bertz CT molecular complexity index is 864. The van der Waals surface area contributed by atoms with Gasteiger partial charge >= 0.3 is 0 Å². The van der Waals surface area contributed by atoms with Crippen molar-refractivity contribution in [1.82, 2.24) is 9.97 Å². The van der Waals surface area contributed by atoms with Crippen LogP contribution in [0.3, 0.4) is 0 Å². The number of rotatable bonds is 5. The zero-order valence-corrected chi connectivity index (χ0v) is 16.3. The molecule has 0 saturated carbocycles. The Morgan fingerprint density at radius 2 is 1.92 bits per heavy atom. The molecule has 0 spiro atoms. The van der Waals surface area contributed by atoms with Gasteiger partial charge in [0.05, 0.1) is 18.2 Å². The highest BCUT2D eigenvalue weighted by atomic mass is 35.5.